The summed E-state index contributed by atoms with van der Waals surface area (Å²) in [5.41, 5.74) is 1.59. The van der Waals surface area contributed by atoms with E-state index < -0.39 is 5.97 Å². The van der Waals surface area contributed by atoms with Gasteiger partial charge in [0.25, 0.3) is 0 Å². The average molecular weight is 374 g/mol. The molecule has 0 unspecified atom stereocenters. The maximum absolute atomic E-state index is 13.0. The minimum Gasteiger partial charge on any atom is -0.464 e. The van der Waals surface area contributed by atoms with Gasteiger partial charge in [0.1, 0.15) is 5.69 Å². The number of hydrogen-bond donors (Lipinski definition) is 3. The minimum atomic E-state index is -0.420. The van der Waals surface area contributed by atoms with Crippen LogP contribution in [0, 0.1) is 11.3 Å². The number of nitrogens with one attached hydrogen (secondary N) is 3. The van der Waals surface area contributed by atoms with Crippen LogP contribution >= 0.6 is 11.3 Å². The van der Waals surface area contributed by atoms with Crippen molar-refractivity contribution >= 4 is 28.3 Å². The van der Waals surface area contributed by atoms with Crippen LogP contribution in [-0.2, 0) is 9.53 Å². The van der Waals surface area contributed by atoms with Crippen molar-refractivity contribution < 1.29 is 14.3 Å². The molecule has 0 spiro atoms. The molecule has 1 aliphatic heterocycles. The maximum atomic E-state index is 13.0. The lowest BCUT2D eigenvalue weighted by molar-refractivity contribution is -0.128. The van der Waals surface area contributed by atoms with Gasteiger partial charge in [-0.3, -0.25) is 4.79 Å². The van der Waals surface area contributed by atoms with Gasteiger partial charge in [0.2, 0.25) is 5.91 Å². The Labute approximate surface area is 155 Å². The Hall–Kier alpha value is -2.19. The summed E-state index contributed by atoms with van der Waals surface area (Å²) >= 11 is 1.40. The van der Waals surface area contributed by atoms with Crippen molar-refractivity contribution in [1.29, 1.82) is 0 Å². The van der Waals surface area contributed by atoms with E-state index in [1.807, 2.05) is 5.38 Å². The summed E-state index contributed by atoms with van der Waals surface area (Å²) in [6.07, 6.45) is 6.08. The number of rotatable bonds is 4. The lowest BCUT2D eigenvalue weighted by Crippen LogP contribution is -2.44. The summed E-state index contributed by atoms with van der Waals surface area (Å²) < 4.78 is 4.70. The van der Waals surface area contributed by atoms with Crippen molar-refractivity contribution in [3.8, 4) is 11.3 Å². The number of carbonyl (C=O) groups is 2. The number of esters is 1. The number of hydrogen-bond acceptors (Lipinski definition) is 6. The lowest BCUT2D eigenvalue weighted by Gasteiger charge is -2.36. The SMILES string of the molecule is COC(=O)c1cc(-c2csc(NC(=O)[C@@]34CCCC[C@H]3CNC4)n2)c[nH]1. The summed E-state index contributed by atoms with van der Waals surface area (Å²) in [5.74, 6) is 0.0802. The lowest BCUT2D eigenvalue weighted by atomic mass is 9.68. The summed E-state index contributed by atoms with van der Waals surface area (Å²) in [6, 6.07) is 1.70. The van der Waals surface area contributed by atoms with E-state index >= 15 is 0 Å². The van der Waals surface area contributed by atoms with Gasteiger partial charge in [0.05, 0.1) is 18.2 Å². The third kappa shape index (κ3) is 2.93. The molecule has 0 aromatic carbocycles. The van der Waals surface area contributed by atoms with E-state index in [-0.39, 0.29) is 11.3 Å². The third-order valence-electron chi connectivity index (χ3n) is 5.60. The van der Waals surface area contributed by atoms with Gasteiger partial charge in [-0.1, -0.05) is 12.8 Å². The van der Waals surface area contributed by atoms with Crippen LogP contribution in [0.4, 0.5) is 5.13 Å². The number of thiazole rings is 1. The molecule has 3 N–H and O–H groups in total. The molecule has 1 aliphatic carbocycles. The number of aromatic amines is 1. The molecule has 26 heavy (non-hydrogen) atoms. The van der Waals surface area contributed by atoms with Crippen molar-refractivity contribution in [3.05, 3.63) is 23.3 Å². The molecule has 1 amide bonds. The number of ether oxygens (including phenoxy) is 1. The first-order valence-corrected chi connectivity index (χ1v) is 9.75. The van der Waals surface area contributed by atoms with Crippen LogP contribution in [0.1, 0.15) is 36.2 Å². The number of carbonyl (C=O) groups excluding carboxylic acids is 2. The molecule has 8 heteroatoms. The van der Waals surface area contributed by atoms with Crippen LogP contribution in [-0.4, -0.2) is 42.0 Å². The fourth-order valence-corrected chi connectivity index (χ4v) is 4.86. The number of aromatic nitrogens is 2. The maximum Gasteiger partial charge on any atom is 0.354 e. The normalized spacial score (nSPS) is 24.9. The fraction of sp³-hybridized carbons (Fsp3) is 0.500. The first-order chi connectivity index (χ1) is 12.6. The van der Waals surface area contributed by atoms with E-state index in [1.165, 1.54) is 24.9 Å². The Kier molecular flexibility index (Phi) is 4.54. The summed E-state index contributed by atoms with van der Waals surface area (Å²) in [5, 5.41) is 8.90. The molecule has 2 fully saturated rings. The van der Waals surface area contributed by atoms with Gasteiger partial charge in [-0.2, -0.15) is 0 Å². The molecule has 3 heterocycles. The van der Waals surface area contributed by atoms with Gasteiger partial charge in [-0.25, -0.2) is 9.78 Å². The second kappa shape index (κ2) is 6.85. The zero-order valence-corrected chi connectivity index (χ0v) is 15.4. The van der Waals surface area contributed by atoms with Crippen LogP contribution in [0.3, 0.4) is 0 Å². The number of anilines is 1. The Morgan fingerprint density at radius 2 is 2.31 bits per heavy atom. The molecule has 138 valence electrons. The van der Waals surface area contributed by atoms with Gasteiger partial charge in [-0.15, -0.1) is 11.3 Å². The number of H-pyrrole nitrogens is 1. The number of fused-ring (bicyclic) bond motifs is 1. The van der Waals surface area contributed by atoms with Crippen LogP contribution in [0.25, 0.3) is 11.3 Å². The van der Waals surface area contributed by atoms with Crippen molar-refractivity contribution in [2.45, 2.75) is 25.7 Å². The molecule has 4 rings (SSSR count). The first kappa shape index (κ1) is 17.2. The molecule has 0 radical (unpaired) electrons. The molecule has 0 bridgehead atoms. The zero-order valence-electron chi connectivity index (χ0n) is 14.6. The average Bonchev–Trinajstić information content (AvgIpc) is 3.39. The molecule has 7 nitrogen and oxygen atoms in total. The third-order valence-corrected chi connectivity index (χ3v) is 6.36. The topological polar surface area (TPSA) is 96.1 Å². The highest BCUT2D eigenvalue weighted by atomic mass is 32.1. The smallest absolute Gasteiger partial charge is 0.354 e. The predicted molar refractivity (Wildman–Crippen MR) is 99.1 cm³/mol. The first-order valence-electron chi connectivity index (χ1n) is 8.87. The molecule has 1 saturated carbocycles. The molecule has 2 aliphatic rings. The van der Waals surface area contributed by atoms with Crippen LogP contribution in [0.5, 0.6) is 0 Å². The number of amides is 1. The van der Waals surface area contributed by atoms with Crippen molar-refractivity contribution in [3.63, 3.8) is 0 Å². The standard InChI is InChI=1S/C18H22N4O3S/c1-25-15(23)13-6-11(7-20-13)14-9-26-17(21-14)22-16(24)18-5-3-2-4-12(18)8-19-10-18/h6-7,9,12,19-20H,2-5,8,10H2,1H3,(H,21,22,24)/t12-,18+/m0/s1. The van der Waals surface area contributed by atoms with Crippen LogP contribution < -0.4 is 10.6 Å². The molecule has 2 aromatic rings. The van der Waals surface area contributed by atoms with Gasteiger partial charge in [0, 0.05) is 23.7 Å². The second-order valence-corrected chi connectivity index (χ2v) is 7.87. The van der Waals surface area contributed by atoms with Crippen molar-refractivity contribution in [2.75, 3.05) is 25.5 Å². The van der Waals surface area contributed by atoms with E-state index in [1.54, 1.807) is 12.3 Å². The van der Waals surface area contributed by atoms with E-state index in [0.29, 0.717) is 16.7 Å². The van der Waals surface area contributed by atoms with E-state index in [4.69, 9.17) is 4.74 Å². The molecule has 2 aromatic heterocycles. The highest BCUT2D eigenvalue weighted by molar-refractivity contribution is 7.14. The summed E-state index contributed by atoms with van der Waals surface area (Å²) in [4.78, 5) is 32.0. The Morgan fingerprint density at radius 3 is 3.15 bits per heavy atom. The summed E-state index contributed by atoms with van der Waals surface area (Å²) in [7, 11) is 1.34. The Balaban J connectivity index is 1.49. The predicted octanol–water partition coefficient (Wildman–Crippen LogP) is 2.64. The second-order valence-electron chi connectivity index (χ2n) is 7.02. The van der Waals surface area contributed by atoms with Gasteiger partial charge in [0.15, 0.2) is 5.13 Å². The number of methoxy groups -OCH3 is 1. The largest absolute Gasteiger partial charge is 0.464 e. The highest BCUT2D eigenvalue weighted by Gasteiger charge is 2.49. The molecular weight excluding hydrogens is 352 g/mol. The molecule has 1 saturated heterocycles. The fourth-order valence-electron chi connectivity index (χ4n) is 4.15. The van der Waals surface area contributed by atoms with Gasteiger partial charge >= 0.3 is 5.97 Å². The minimum absolute atomic E-state index is 0.0809. The van der Waals surface area contributed by atoms with Gasteiger partial charge < -0.3 is 20.4 Å². The quantitative estimate of drug-likeness (QED) is 0.715. The van der Waals surface area contributed by atoms with E-state index in [2.05, 4.69) is 20.6 Å². The van der Waals surface area contributed by atoms with Crippen LogP contribution in [0.2, 0.25) is 0 Å². The van der Waals surface area contributed by atoms with Crippen molar-refractivity contribution in [1.82, 2.24) is 15.3 Å². The van der Waals surface area contributed by atoms with E-state index in [9.17, 15) is 9.59 Å². The number of nitrogens with zero attached hydrogens (tertiary/aromatic N) is 1. The van der Waals surface area contributed by atoms with Crippen molar-refractivity contribution in [2.24, 2.45) is 11.3 Å². The Morgan fingerprint density at radius 1 is 1.42 bits per heavy atom. The monoisotopic (exact) mass is 374 g/mol. The Bertz CT molecular complexity index is 830. The molecular formula is C18H22N4O3S. The van der Waals surface area contributed by atoms with E-state index in [0.717, 1.165) is 43.6 Å². The van der Waals surface area contributed by atoms with Crippen LogP contribution in [0.15, 0.2) is 17.6 Å². The highest BCUT2D eigenvalue weighted by Crippen LogP contribution is 2.44. The summed E-state index contributed by atoms with van der Waals surface area (Å²) in [6.45, 7) is 1.68. The van der Waals surface area contributed by atoms with Gasteiger partial charge in [-0.05, 0) is 31.4 Å². The zero-order chi connectivity index (χ0) is 18.1. The molecule has 2 atom stereocenters.